The highest BCUT2D eigenvalue weighted by molar-refractivity contribution is 7.47. The number of carboxylic acids is 1. The molecule has 1 fully saturated rings. The van der Waals surface area contributed by atoms with E-state index < -0.39 is 89.5 Å². The number of unbranched alkanes of at least 4 members (excludes halogenated alkanes) is 12. The van der Waals surface area contributed by atoms with Crippen molar-refractivity contribution in [1.29, 1.82) is 0 Å². The Kier molecular flexibility index (Phi) is 24.3. The van der Waals surface area contributed by atoms with Gasteiger partial charge in [0.2, 0.25) is 0 Å². The van der Waals surface area contributed by atoms with Gasteiger partial charge in [-0.2, -0.15) is 0 Å². The van der Waals surface area contributed by atoms with Gasteiger partial charge in [-0.1, -0.05) is 84.0 Å². The average molecular weight is 916 g/mol. The van der Waals surface area contributed by atoms with Gasteiger partial charge in [0.15, 0.2) is 0 Å². The molecule has 26 nitrogen and oxygen atoms in total. The highest BCUT2D eigenvalue weighted by Crippen LogP contribution is 2.57. The van der Waals surface area contributed by atoms with E-state index in [-0.39, 0.29) is 0 Å². The highest BCUT2D eigenvalue weighted by Gasteiger charge is 2.62. The molecule has 0 aromatic carbocycles. The van der Waals surface area contributed by atoms with Gasteiger partial charge in [0.05, 0.1) is 0 Å². The largest absolute Gasteiger partial charge is 0.481 e. The van der Waals surface area contributed by atoms with Crippen molar-refractivity contribution in [3.63, 3.8) is 0 Å². The van der Waals surface area contributed by atoms with Gasteiger partial charge >= 0.3 is 52.9 Å². The lowest BCUT2D eigenvalue weighted by Gasteiger charge is -2.48. The normalized spacial score (nSPS) is 23.1. The van der Waals surface area contributed by atoms with Gasteiger partial charge in [0.25, 0.3) is 0 Å². The van der Waals surface area contributed by atoms with Crippen LogP contribution >= 0.6 is 46.9 Å². The quantitative estimate of drug-likeness (QED) is 0.0437. The SMILES string of the molecule is CCCCCCCCCCCCCCCC(=O)O.O=P(O)(O)O[C@H]1[C@H](OP(=O)(O)O)[C@@H](OP(=O)(O)O)[C@H](OP(=O)(O)O)[C@@H](OP(=O)(O)O)[C@H]1OP(=O)(O)O. The zero-order valence-electron chi connectivity index (χ0n) is 28.7. The summed E-state index contributed by atoms with van der Waals surface area (Å²) in [6, 6.07) is 0. The molecule has 0 bridgehead atoms. The number of hydrogen-bond acceptors (Lipinski definition) is 13. The maximum Gasteiger partial charge on any atom is 0.470 e. The summed E-state index contributed by atoms with van der Waals surface area (Å²) in [7, 11) is -36.1. The van der Waals surface area contributed by atoms with E-state index >= 15 is 0 Å². The lowest BCUT2D eigenvalue weighted by atomic mass is 9.85. The second-order valence-electron chi connectivity index (χ2n) is 11.7. The lowest BCUT2D eigenvalue weighted by Crippen LogP contribution is -2.66. The van der Waals surface area contributed by atoms with Crippen molar-refractivity contribution in [3.05, 3.63) is 0 Å². The zero-order valence-corrected chi connectivity index (χ0v) is 34.0. The van der Waals surface area contributed by atoms with Crippen LogP contribution in [0.2, 0.25) is 0 Å². The van der Waals surface area contributed by atoms with E-state index in [2.05, 4.69) is 34.1 Å². The fourth-order valence-electron chi connectivity index (χ4n) is 5.09. The van der Waals surface area contributed by atoms with Crippen molar-refractivity contribution in [2.24, 2.45) is 0 Å². The Balaban J connectivity index is 0.00000131. The minimum absolute atomic E-state index is 0.345. The predicted octanol–water partition coefficient (Wildman–Crippen LogP) is 2.42. The van der Waals surface area contributed by atoms with E-state index in [1.165, 1.54) is 70.6 Å². The molecule has 324 valence electrons. The Labute approximate surface area is 309 Å². The maximum atomic E-state index is 11.4. The molecular formula is C22H50O26P6. The third kappa shape index (κ3) is 28.5. The van der Waals surface area contributed by atoms with E-state index in [4.69, 9.17) is 63.8 Å². The van der Waals surface area contributed by atoms with Crippen LogP contribution in [0, 0.1) is 0 Å². The van der Waals surface area contributed by atoms with Gasteiger partial charge < -0.3 is 63.8 Å². The van der Waals surface area contributed by atoms with Crippen LogP contribution in [-0.4, -0.2) is 106 Å². The Morgan fingerprint density at radius 2 is 0.537 bits per heavy atom. The summed E-state index contributed by atoms with van der Waals surface area (Å²) in [6.45, 7) is 2.26. The molecule has 0 aromatic rings. The van der Waals surface area contributed by atoms with Crippen LogP contribution in [-0.2, 0) is 59.3 Å². The van der Waals surface area contributed by atoms with Gasteiger partial charge in [-0.15, -0.1) is 0 Å². The van der Waals surface area contributed by atoms with Crippen molar-refractivity contribution >= 4 is 52.9 Å². The van der Waals surface area contributed by atoms with Crippen molar-refractivity contribution in [2.75, 3.05) is 0 Å². The van der Waals surface area contributed by atoms with Crippen molar-refractivity contribution in [2.45, 2.75) is 133 Å². The standard InChI is InChI=1S/C16H32O2.C6H18O24P6/c1-2-3-4-5-6-7-8-9-10-11-12-13-14-15-16(17)18;7-31(8,9)25-1-2(26-32(10,11)12)4(28-34(16,17)18)6(30-36(22,23)24)5(29-35(19,20)21)3(1)27-33(13,14)15/h2-15H2,1H3,(H,17,18);1-6H,(H2,7,8,9)(H2,10,11,12)(H2,13,14,15)(H2,16,17,18)(H2,19,20,21)(H2,22,23,24)/t;1-,2-,3-,4+,5-,6-. The van der Waals surface area contributed by atoms with Gasteiger partial charge in [0.1, 0.15) is 36.6 Å². The number of phosphoric ester groups is 6. The molecule has 13 N–H and O–H groups in total. The molecule has 0 aromatic heterocycles. The van der Waals surface area contributed by atoms with Gasteiger partial charge in [0, 0.05) is 6.42 Å². The van der Waals surface area contributed by atoms with Crippen LogP contribution in [0.15, 0.2) is 0 Å². The number of hydrogen-bond donors (Lipinski definition) is 13. The number of rotatable bonds is 26. The molecule has 0 saturated heterocycles. The summed E-state index contributed by atoms with van der Waals surface area (Å²) in [6.07, 6.45) is -1.59. The third-order valence-electron chi connectivity index (χ3n) is 6.99. The summed E-state index contributed by atoms with van der Waals surface area (Å²) in [4.78, 5) is 120. The molecule has 0 unspecified atom stereocenters. The molecule has 0 atom stereocenters. The third-order valence-corrected chi connectivity index (χ3v) is 10.1. The molecule has 54 heavy (non-hydrogen) atoms. The summed E-state index contributed by atoms with van der Waals surface area (Å²) >= 11 is 0. The maximum absolute atomic E-state index is 11.4. The molecule has 1 aliphatic rings. The molecular weight excluding hydrogens is 866 g/mol. The molecule has 0 amide bonds. The molecule has 0 heterocycles. The number of aliphatic carboxylic acids is 1. The van der Waals surface area contributed by atoms with Crippen molar-refractivity contribution < 1.29 is 123 Å². The van der Waals surface area contributed by atoms with Crippen LogP contribution in [0.1, 0.15) is 96.8 Å². The second-order valence-corrected chi connectivity index (χ2v) is 18.9. The van der Waals surface area contributed by atoms with Crippen LogP contribution in [0.25, 0.3) is 0 Å². The average Bonchev–Trinajstić information content (AvgIpc) is 2.93. The molecule has 1 rings (SSSR count). The summed E-state index contributed by atoms with van der Waals surface area (Å²) < 4.78 is 93.1. The second kappa shape index (κ2) is 24.3. The zero-order chi connectivity index (χ0) is 42.2. The first-order chi connectivity index (χ1) is 24.3. The number of carboxylic acid groups (broad SMARTS) is 1. The molecule has 32 heteroatoms. The Bertz CT molecular complexity index is 1160. The summed E-state index contributed by atoms with van der Waals surface area (Å²) in [5, 5.41) is 8.49. The van der Waals surface area contributed by atoms with Crippen LogP contribution in [0.3, 0.4) is 0 Å². The molecule has 0 spiro atoms. The fourth-order valence-corrected chi connectivity index (χ4v) is 8.43. The summed E-state index contributed by atoms with van der Waals surface area (Å²) in [5.41, 5.74) is 0. The van der Waals surface area contributed by atoms with Gasteiger partial charge in [-0.25, -0.2) is 27.4 Å². The molecule has 1 saturated carbocycles. The Hall–Kier alpha value is 0.130. The first-order valence-electron chi connectivity index (χ1n) is 16.0. The topological polar surface area (TPSA) is 438 Å². The minimum atomic E-state index is -6.02. The van der Waals surface area contributed by atoms with E-state index in [0.29, 0.717) is 6.42 Å². The van der Waals surface area contributed by atoms with E-state index in [9.17, 15) is 32.2 Å². The molecule has 0 radical (unpaired) electrons. The fraction of sp³-hybridized carbons (Fsp3) is 0.955. The lowest BCUT2D eigenvalue weighted by molar-refractivity contribution is -0.202. The molecule has 0 aliphatic heterocycles. The van der Waals surface area contributed by atoms with Gasteiger partial charge in [-0.3, -0.25) is 31.9 Å². The number of carbonyl (C=O) groups is 1. The van der Waals surface area contributed by atoms with Crippen LogP contribution < -0.4 is 0 Å². The van der Waals surface area contributed by atoms with E-state index in [0.717, 1.165) is 12.8 Å². The van der Waals surface area contributed by atoms with Crippen LogP contribution in [0.5, 0.6) is 0 Å². The first kappa shape index (κ1) is 54.1. The smallest absolute Gasteiger partial charge is 0.470 e. The van der Waals surface area contributed by atoms with E-state index in [1.54, 1.807) is 0 Å². The van der Waals surface area contributed by atoms with Crippen molar-refractivity contribution in [3.8, 4) is 0 Å². The van der Waals surface area contributed by atoms with Crippen molar-refractivity contribution in [1.82, 2.24) is 0 Å². The van der Waals surface area contributed by atoms with E-state index in [1.807, 2.05) is 0 Å². The monoisotopic (exact) mass is 916 g/mol. The van der Waals surface area contributed by atoms with Crippen LogP contribution in [0.4, 0.5) is 0 Å². The molecule has 1 aliphatic carbocycles. The Morgan fingerprint density at radius 1 is 0.370 bits per heavy atom. The number of phosphoric acid groups is 6. The van der Waals surface area contributed by atoms with Gasteiger partial charge in [-0.05, 0) is 6.42 Å². The minimum Gasteiger partial charge on any atom is -0.481 e. The summed E-state index contributed by atoms with van der Waals surface area (Å²) in [5.74, 6) is -0.655. The Morgan fingerprint density at radius 3 is 0.685 bits per heavy atom. The first-order valence-corrected chi connectivity index (χ1v) is 25.2. The predicted molar refractivity (Wildman–Crippen MR) is 179 cm³/mol. The highest BCUT2D eigenvalue weighted by atomic mass is 31.2.